The van der Waals surface area contributed by atoms with Crippen LogP contribution in [0.1, 0.15) is 0 Å². The van der Waals surface area contributed by atoms with Crippen molar-refractivity contribution in [2.24, 2.45) is 0 Å². The van der Waals surface area contributed by atoms with Gasteiger partial charge in [0.2, 0.25) is 0 Å². The maximum atomic E-state index is 2.47. The standard InChI is InChI=1S/C50H32N2S/c1-2-11-37-31-41(29-21-33(37)9-1)51(40-27-22-36(23-28-40)43-14-7-12-35-10-3-4-13-42(35)43)39-25-19-34(20-26-39)38-24-30-44-45-15-8-18-49-50(45)52(47(44)32-38)46-16-5-6-17-48(46)53-49/h1-32H. The number of fused-ring (bicyclic) bond motifs is 7. The molecule has 10 aromatic rings. The monoisotopic (exact) mass is 692 g/mol. The third-order valence-corrected chi connectivity index (χ3v) is 11.9. The van der Waals surface area contributed by atoms with Gasteiger partial charge >= 0.3 is 0 Å². The van der Waals surface area contributed by atoms with Crippen molar-refractivity contribution in [2.75, 3.05) is 4.90 Å². The molecule has 0 saturated carbocycles. The number of anilines is 3. The van der Waals surface area contributed by atoms with Crippen LogP contribution in [0, 0.1) is 0 Å². The summed E-state index contributed by atoms with van der Waals surface area (Å²) in [6.45, 7) is 0. The van der Waals surface area contributed by atoms with E-state index in [2.05, 4.69) is 204 Å². The Balaban J connectivity index is 1.01. The van der Waals surface area contributed by atoms with Gasteiger partial charge in [-0.05, 0) is 104 Å². The molecule has 0 N–H and O–H groups in total. The zero-order chi connectivity index (χ0) is 34.9. The van der Waals surface area contributed by atoms with Crippen LogP contribution in [-0.2, 0) is 0 Å². The van der Waals surface area contributed by atoms with E-state index in [1.165, 1.54) is 81.1 Å². The summed E-state index contributed by atoms with van der Waals surface area (Å²) in [5, 5.41) is 7.57. The topological polar surface area (TPSA) is 8.17 Å². The zero-order valence-electron chi connectivity index (χ0n) is 28.8. The fraction of sp³-hybridized carbons (Fsp3) is 0. The molecule has 53 heavy (non-hydrogen) atoms. The van der Waals surface area contributed by atoms with Crippen molar-refractivity contribution in [2.45, 2.75) is 9.79 Å². The number of hydrogen-bond donors (Lipinski definition) is 0. The molecule has 1 aliphatic heterocycles. The minimum atomic E-state index is 1.11. The Bertz CT molecular complexity index is 3020. The first-order valence-corrected chi connectivity index (χ1v) is 18.9. The second-order valence-corrected chi connectivity index (χ2v) is 14.9. The molecule has 9 aromatic carbocycles. The lowest BCUT2D eigenvalue weighted by molar-refractivity contribution is 1.09. The zero-order valence-corrected chi connectivity index (χ0v) is 29.6. The molecule has 0 spiro atoms. The molecule has 0 saturated heterocycles. The molecule has 1 aliphatic rings. The summed E-state index contributed by atoms with van der Waals surface area (Å²) in [6, 6.07) is 71.0. The summed E-state index contributed by atoms with van der Waals surface area (Å²) in [6.07, 6.45) is 0. The number of nitrogens with zero attached hydrogens (tertiary/aromatic N) is 2. The first kappa shape index (κ1) is 30.1. The largest absolute Gasteiger partial charge is 0.310 e. The average molecular weight is 693 g/mol. The van der Waals surface area contributed by atoms with Gasteiger partial charge < -0.3 is 9.47 Å². The molecule has 0 unspecified atom stereocenters. The average Bonchev–Trinajstić information content (AvgIpc) is 3.56. The Morgan fingerprint density at radius 2 is 1.00 bits per heavy atom. The van der Waals surface area contributed by atoms with Gasteiger partial charge in [-0.2, -0.15) is 0 Å². The Morgan fingerprint density at radius 1 is 0.377 bits per heavy atom. The molecular weight excluding hydrogens is 661 g/mol. The van der Waals surface area contributed by atoms with Crippen LogP contribution in [0.25, 0.3) is 71.3 Å². The molecule has 0 radical (unpaired) electrons. The lowest BCUT2D eigenvalue weighted by Gasteiger charge is -2.26. The smallest absolute Gasteiger partial charge is 0.0681 e. The summed E-state index contributed by atoms with van der Waals surface area (Å²) < 4.78 is 2.47. The van der Waals surface area contributed by atoms with Gasteiger partial charge in [0.1, 0.15) is 0 Å². The second-order valence-electron chi connectivity index (χ2n) is 13.8. The van der Waals surface area contributed by atoms with Crippen molar-refractivity contribution in [1.82, 2.24) is 4.57 Å². The lowest BCUT2D eigenvalue weighted by atomic mass is 9.98. The molecule has 0 aliphatic carbocycles. The van der Waals surface area contributed by atoms with E-state index < -0.39 is 0 Å². The predicted octanol–water partition coefficient (Wildman–Crippen LogP) is 14.4. The summed E-state index contributed by atoms with van der Waals surface area (Å²) in [7, 11) is 0. The number of benzene rings is 9. The molecule has 2 heterocycles. The van der Waals surface area contributed by atoms with Crippen LogP contribution in [0.5, 0.6) is 0 Å². The Kier molecular flexibility index (Phi) is 6.83. The third kappa shape index (κ3) is 4.89. The minimum Gasteiger partial charge on any atom is -0.310 e. The van der Waals surface area contributed by atoms with Gasteiger partial charge in [0.05, 0.1) is 16.7 Å². The van der Waals surface area contributed by atoms with Crippen LogP contribution in [-0.4, -0.2) is 4.57 Å². The molecular formula is C50H32N2S. The number of aromatic nitrogens is 1. The van der Waals surface area contributed by atoms with Crippen molar-refractivity contribution >= 4 is 72.2 Å². The lowest BCUT2D eigenvalue weighted by Crippen LogP contribution is -2.09. The van der Waals surface area contributed by atoms with Crippen molar-refractivity contribution < 1.29 is 0 Å². The molecule has 248 valence electrons. The fourth-order valence-corrected chi connectivity index (χ4v) is 9.32. The molecule has 11 rings (SSSR count). The second kappa shape index (κ2) is 12.0. The Hall–Kier alpha value is -6.55. The molecule has 0 fully saturated rings. The summed E-state index contributed by atoms with van der Waals surface area (Å²) in [5.74, 6) is 0. The SMILES string of the molecule is c1ccc2c(c1)Sc1cccc3c4ccc(-c5ccc(N(c6ccc(-c7cccc8ccccc78)cc6)c6ccc7ccccc7c6)cc5)cc4n-2c13. The highest BCUT2D eigenvalue weighted by Crippen LogP contribution is 2.47. The first-order valence-electron chi connectivity index (χ1n) is 18.1. The normalized spacial score (nSPS) is 12.1. The van der Waals surface area contributed by atoms with E-state index in [0.717, 1.165) is 17.1 Å². The Morgan fingerprint density at radius 3 is 1.85 bits per heavy atom. The highest BCUT2D eigenvalue weighted by molar-refractivity contribution is 7.99. The van der Waals surface area contributed by atoms with E-state index in [0.29, 0.717) is 0 Å². The molecule has 0 bridgehead atoms. The van der Waals surface area contributed by atoms with Gasteiger partial charge in [-0.3, -0.25) is 0 Å². The number of hydrogen-bond acceptors (Lipinski definition) is 2. The van der Waals surface area contributed by atoms with Crippen molar-refractivity contribution in [1.29, 1.82) is 0 Å². The van der Waals surface area contributed by atoms with Crippen LogP contribution in [0.3, 0.4) is 0 Å². The van der Waals surface area contributed by atoms with Crippen LogP contribution in [0.2, 0.25) is 0 Å². The van der Waals surface area contributed by atoms with E-state index in [1.807, 2.05) is 11.8 Å². The number of para-hydroxylation sites is 2. The highest BCUT2D eigenvalue weighted by Gasteiger charge is 2.23. The van der Waals surface area contributed by atoms with Crippen molar-refractivity contribution in [3.8, 4) is 27.9 Å². The van der Waals surface area contributed by atoms with Gasteiger partial charge in [-0.15, -0.1) is 0 Å². The van der Waals surface area contributed by atoms with Gasteiger partial charge in [0.15, 0.2) is 0 Å². The van der Waals surface area contributed by atoms with Gasteiger partial charge in [-0.1, -0.05) is 145 Å². The Labute approximate surface area is 312 Å². The van der Waals surface area contributed by atoms with Crippen molar-refractivity contribution in [3.05, 3.63) is 194 Å². The fourth-order valence-electron chi connectivity index (χ4n) is 8.23. The summed E-state index contributed by atoms with van der Waals surface area (Å²) in [5.41, 5.74) is 12.0. The van der Waals surface area contributed by atoms with Gasteiger partial charge in [0.25, 0.3) is 0 Å². The van der Waals surface area contributed by atoms with E-state index >= 15 is 0 Å². The van der Waals surface area contributed by atoms with Crippen LogP contribution < -0.4 is 4.90 Å². The molecule has 3 heteroatoms. The quantitative estimate of drug-likeness (QED) is 0.177. The van der Waals surface area contributed by atoms with Gasteiger partial charge in [-0.25, -0.2) is 0 Å². The highest BCUT2D eigenvalue weighted by atomic mass is 32.2. The minimum absolute atomic E-state index is 1.11. The van der Waals surface area contributed by atoms with Crippen LogP contribution >= 0.6 is 11.8 Å². The van der Waals surface area contributed by atoms with E-state index in [1.54, 1.807) is 0 Å². The predicted molar refractivity (Wildman–Crippen MR) is 225 cm³/mol. The maximum absolute atomic E-state index is 2.47. The molecule has 0 amide bonds. The molecule has 0 atom stereocenters. The summed E-state index contributed by atoms with van der Waals surface area (Å²) in [4.78, 5) is 4.97. The van der Waals surface area contributed by atoms with Crippen molar-refractivity contribution in [3.63, 3.8) is 0 Å². The van der Waals surface area contributed by atoms with Crippen LogP contribution in [0.15, 0.2) is 204 Å². The van der Waals surface area contributed by atoms with E-state index in [4.69, 9.17) is 0 Å². The maximum Gasteiger partial charge on any atom is 0.0681 e. The number of rotatable bonds is 5. The summed E-state index contributed by atoms with van der Waals surface area (Å²) >= 11 is 1.87. The first-order chi connectivity index (χ1) is 26.3. The third-order valence-electron chi connectivity index (χ3n) is 10.8. The van der Waals surface area contributed by atoms with Crippen LogP contribution in [0.4, 0.5) is 17.1 Å². The molecule has 2 nitrogen and oxygen atoms in total. The van der Waals surface area contributed by atoms with E-state index in [9.17, 15) is 0 Å². The van der Waals surface area contributed by atoms with Gasteiger partial charge in [0, 0.05) is 37.6 Å². The molecule has 1 aromatic heterocycles. The van der Waals surface area contributed by atoms with E-state index in [-0.39, 0.29) is 0 Å².